The number of aliphatic imine (C=N–C) groups is 1. The average Bonchev–Trinajstić information content (AvgIpc) is 3.12. The summed E-state index contributed by atoms with van der Waals surface area (Å²) in [7, 11) is 0. The van der Waals surface area contributed by atoms with Gasteiger partial charge in [-0.05, 0) is 55.7 Å². The highest BCUT2D eigenvalue weighted by molar-refractivity contribution is 8.07. The maximum atomic E-state index is 13.4. The summed E-state index contributed by atoms with van der Waals surface area (Å²) in [6, 6.07) is 7.75. The third kappa shape index (κ3) is 3.60. The zero-order valence-corrected chi connectivity index (χ0v) is 19.0. The number of hydrogen-bond acceptors (Lipinski definition) is 5. The van der Waals surface area contributed by atoms with Crippen LogP contribution < -0.4 is 5.32 Å². The Kier molecular flexibility index (Phi) is 5.39. The van der Waals surface area contributed by atoms with E-state index < -0.39 is 10.9 Å². The SMILES string of the molecule is C[C@H]1CC[C@H](N(CCc2ccc(Cl)cc2)C(=O)NC2=NC=C3SC4(C(=O)C4O)C32)CC1. The van der Waals surface area contributed by atoms with Crippen LogP contribution in [0.25, 0.3) is 0 Å². The fourth-order valence-corrected chi connectivity index (χ4v) is 6.57. The molecule has 6 nitrogen and oxygen atoms in total. The van der Waals surface area contributed by atoms with Crippen LogP contribution in [0.15, 0.2) is 40.4 Å². The Bertz CT molecular complexity index is 971. The van der Waals surface area contributed by atoms with Crippen molar-refractivity contribution in [3.8, 4) is 0 Å². The number of amides is 2. The first-order valence-corrected chi connectivity index (χ1v) is 12.1. The molecule has 0 aromatic heterocycles. The minimum Gasteiger partial charge on any atom is -0.383 e. The van der Waals surface area contributed by atoms with Gasteiger partial charge in [0.2, 0.25) is 0 Å². The van der Waals surface area contributed by atoms with Gasteiger partial charge in [0.1, 0.15) is 16.7 Å². The summed E-state index contributed by atoms with van der Waals surface area (Å²) in [4.78, 5) is 32.6. The molecule has 0 bridgehead atoms. The highest BCUT2D eigenvalue weighted by atomic mass is 35.5. The number of Topliss-reactive ketones (excluding diaryl/α,β-unsaturated/α-hetero) is 1. The van der Waals surface area contributed by atoms with Crippen LogP contribution in [0.2, 0.25) is 5.02 Å². The predicted octanol–water partition coefficient (Wildman–Crippen LogP) is 3.77. The molecule has 3 unspecified atom stereocenters. The molecule has 8 heteroatoms. The van der Waals surface area contributed by atoms with Gasteiger partial charge in [-0.2, -0.15) is 0 Å². The van der Waals surface area contributed by atoms with Crippen molar-refractivity contribution in [3.63, 3.8) is 0 Å². The maximum Gasteiger partial charge on any atom is 0.323 e. The number of urea groups is 1. The molecule has 2 aliphatic carbocycles. The van der Waals surface area contributed by atoms with Crippen molar-refractivity contribution in [1.29, 1.82) is 0 Å². The normalized spacial score (nSPS) is 33.3. The molecule has 3 fully saturated rings. The lowest BCUT2D eigenvalue weighted by Gasteiger charge is -2.38. The monoisotopic (exact) mass is 459 g/mol. The number of nitrogens with one attached hydrogen (secondary N) is 1. The van der Waals surface area contributed by atoms with Gasteiger partial charge in [-0.3, -0.25) is 10.1 Å². The summed E-state index contributed by atoms with van der Waals surface area (Å²) in [6.45, 7) is 2.87. The molecule has 164 valence electrons. The molecule has 2 aliphatic heterocycles. The van der Waals surface area contributed by atoms with E-state index in [0.717, 1.165) is 42.6 Å². The fraction of sp³-hybridized carbons (Fsp3) is 0.522. The fourth-order valence-electron chi connectivity index (χ4n) is 5.00. The number of carbonyl (C=O) groups is 2. The maximum absolute atomic E-state index is 13.4. The van der Waals surface area contributed by atoms with Gasteiger partial charge < -0.3 is 10.0 Å². The highest BCUT2D eigenvalue weighted by Gasteiger charge is 2.78. The van der Waals surface area contributed by atoms with E-state index in [1.54, 1.807) is 6.20 Å². The molecule has 0 radical (unpaired) electrons. The Labute approximate surface area is 191 Å². The van der Waals surface area contributed by atoms with Crippen LogP contribution in [0.5, 0.6) is 0 Å². The molecule has 2 heterocycles. The van der Waals surface area contributed by atoms with Crippen molar-refractivity contribution < 1.29 is 14.7 Å². The molecule has 1 aromatic rings. The Hall–Kier alpha value is -1.83. The van der Waals surface area contributed by atoms with E-state index in [2.05, 4.69) is 17.2 Å². The van der Waals surface area contributed by atoms with Crippen molar-refractivity contribution in [1.82, 2.24) is 10.2 Å². The molecule has 31 heavy (non-hydrogen) atoms. The van der Waals surface area contributed by atoms with Crippen LogP contribution in [0.1, 0.15) is 38.2 Å². The molecule has 3 atom stereocenters. The number of ketones is 1. The number of aliphatic hydroxyl groups excluding tert-OH is 1. The molecule has 1 aromatic carbocycles. The molecular weight excluding hydrogens is 434 g/mol. The molecule has 2 saturated carbocycles. The lowest BCUT2D eigenvalue weighted by Crippen LogP contribution is -2.53. The van der Waals surface area contributed by atoms with Crippen LogP contribution in [-0.2, 0) is 11.2 Å². The van der Waals surface area contributed by atoms with Gasteiger partial charge in [-0.25, -0.2) is 9.79 Å². The summed E-state index contributed by atoms with van der Waals surface area (Å²) in [5.41, 5.74) is 1.13. The number of carbonyl (C=O) groups excluding carboxylic acids is 2. The standard InChI is InChI=1S/C23H26ClN3O3S/c1-13-2-8-16(9-3-13)27(11-10-14-4-6-15(24)7-5-14)22(30)26-21-18-17(12-25-21)31-23(18)19(28)20(23)29/h4-7,12-13,16,18-19,28H,2-3,8-11H2,1H3,(H,25,26,30)/t13-,16-,18?,19?,23?. The summed E-state index contributed by atoms with van der Waals surface area (Å²) < 4.78 is -0.817. The topological polar surface area (TPSA) is 82.0 Å². The first-order valence-electron chi connectivity index (χ1n) is 10.9. The van der Waals surface area contributed by atoms with Gasteiger partial charge in [-0.1, -0.05) is 30.7 Å². The van der Waals surface area contributed by atoms with Crippen LogP contribution in [-0.4, -0.2) is 51.1 Å². The smallest absolute Gasteiger partial charge is 0.323 e. The highest BCUT2D eigenvalue weighted by Crippen LogP contribution is 2.67. The summed E-state index contributed by atoms with van der Waals surface area (Å²) in [5, 5.41) is 13.7. The van der Waals surface area contributed by atoms with E-state index in [0.29, 0.717) is 23.3 Å². The van der Waals surface area contributed by atoms with Gasteiger partial charge in [0.15, 0.2) is 5.78 Å². The van der Waals surface area contributed by atoms with Crippen LogP contribution in [0.4, 0.5) is 4.79 Å². The van der Waals surface area contributed by atoms with E-state index in [4.69, 9.17) is 11.6 Å². The number of aliphatic hydroxyl groups is 1. The van der Waals surface area contributed by atoms with E-state index in [1.807, 2.05) is 29.2 Å². The lowest BCUT2D eigenvalue weighted by atomic mass is 9.86. The summed E-state index contributed by atoms with van der Waals surface area (Å²) in [5.74, 6) is 0.722. The summed E-state index contributed by atoms with van der Waals surface area (Å²) >= 11 is 7.38. The van der Waals surface area contributed by atoms with Gasteiger partial charge in [0.05, 0.1) is 5.92 Å². The average molecular weight is 460 g/mol. The second-order valence-corrected chi connectivity index (χ2v) is 10.8. The third-order valence-electron chi connectivity index (χ3n) is 7.04. The number of nitrogens with zero attached hydrogens (tertiary/aromatic N) is 2. The lowest BCUT2D eigenvalue weighted by molar-refractivity contribution is -0.113. The molecule has 1 spiro atoms. The minimum absolute atomic E-state index is 0.163. The quantitative estimate of drug-likeness (QED) is 0.718. The number of fused-ring (bicyclic) bond motifs is 2. The van der Waals surface area contributed by atoms with Gasteiger partial charge in [0, 0.05) is 28.7 Å². The molecule has 4 aliphatic rings. The van der Waals surface area contributed by atoms with E-state index >= 15 is 0 Å². The first kappa shape index (κ1) is 21.0. The predicted molar refractivity (Wildman–Crippen MR) is 122 cm³/mol. The molecular formula is C23H26ClN3O3S. The number of rotatable bonds is 4. The molecule has 2 amide bonds. The molecule has 5 rings (SSSR count). The zero-order chi connectivity index (χ0) is 21.8. The van der Waals surface area contributed by atoms with Crippen molar-refractivity contribution in [3.05, 3.63) is 46.0 Å². The Morgan fingerprint density at radius 1 is 1.29 bits per heavy atom. The molecule has 2 N–H and O–H groups in total. The van der Waals surface area contributed by atoms with Crippen molar-refractivity contribution >= 4 is 41.0 Å². The van der Waals surface area contributed by atoms with Crippen LogP contribution >= 0.6 is 23.4 Å². The van der Waals surface area contributed by atoms with Crippen molar-refractivity contribution in [2.45, 2.75) is 55.9 Å². The number of thioether (sulfide) groups is 1. The number of halogens is 1. The second kappa shape index (κ2) is 7.94. The number of hydrogen-bond donors (Lipinski definition) is 2. The largest absolute Gasteiger partial charge is 0.383 e. The van der Waals surface area contributed by atoms with Crippen LogP contribution in [0, 0.1) is 11.8 Å². The zero-order valence-electron chi connectivity index (χ0n) is 17.4. The van der Waals surface area contributed by atoms with Gasteiger partial charge >= 0.3 is 6.03 Å². The first-order chi connectivity index (χ1) is 14.9. The van der Waals surface area contributed by atoms with Crippen molar-refractivity contribution in [2.24, 2.45) is 16.8 Å². The molecule has 1 saturated heterocycles. The third-order valence-corrected chi connectivity index (χ3v) is 8.86. The number of amidine groups is 1. The summed E-state index contributed by atoms with van der Waals surface area (Å²) in [6.07, 6.45) is 5.70. The number of benzene rings is 1. The van der Waals surface area contributed by atoms with E-state index in [9.17, 15) is 14.7 Å². The van der Waals surface area contributed by atoms with E-state index in [1.165, 1.54) is 11.8 Å². The Morgan fingerprint density at radius 2 is 1.97 bits per heavy atom. The van der Waals surface area contributed by atoms with Gasteiger partial charge in [-0.15, -0.1) is 11.8 Å². The van der Waals surface area contributed by atoms with Gasteiger partial charge in [0.25, 0.3) is 0 Å². The van der Waals surface area contributed by atoms with E-state index in [-0.39, 0.29) is 23.8 Å². The van der Waals surface area contributed by atoms with Crippen molar-refractivity contribution in [2.75, 3.05) is 6.54 Å². The minimum atomic E-state index is -0.958. The Balaban J connectivity index is 1.28. The van der Waals surface area contributed by atoms with Crippen LogP contribution in [0.3, 0.4) is 0 Å². The Morgan fingerprint density at radius 3 is 2.61 bits per heavy atom. The second-order valence-electron chi connectivity index (χ2n) is 9.05.